The van der Waals surface area contributed by atoms with Gasteiger partial charge in [-0.05, 0) is 25.5 Å². The molecule has 2 aromatic rings. The third-order valence-corrected chi connectivity index (χ3v) is 3.53. The van der Waals surface area contributed by atoms with Crippen LogP contribution in [0.4, 0.5) is 0 Å². The van der Waals surface area contributed by atoms with E-state index in [2.05, 4.69) is 15.0 Å². The molecule has 0 unspecified atom stereocenters. The number of pyridine rings is 1. The van der Waals surface area contributed by atoms with Crippen LogP contribution in [-0.2, 0) is 19.1 Å². The van der Waals surface area contributed by atoms with Gasteiger partial charge in [-0.3, -0.25) is 14.6 Å². The van der Waals surface area contributed by atoms with Crippen molar-refractivity contribution in [3.63, 3.8) is 0 Å². The highest BCUT2D eigenvalue weighted by atomic mass is 16.5. The summed E-state index contributed by atoms with van der Waals surface area (Å²) in [5.74, 6) is -1.80. The number of rotatable bonds is 5. The number of fused-ring (bicyclic) bond motifs is 1. The molecule has 0 bridgehead atoms. The predicted octanol–water partition coefficient (Wildman–Crippen LogP) is 1.30. The van der Waals surface area contributed by atoms with E-state index < -0.39 is 24.5 Å². The van der Waals surface area contributed by atoms with E-state index in [1.165, 1.54) is 7.11 Å². The Bertz CT molecular complexity index is 801. The monoisotopic (exact) mass is 330 g/mol. The Morgan fingerprint density at radius 1 is 1.17 bits per heavy atom. The number of para-hydroxylation sites is 1. The van der Waals surface area contributed by atoms with Crippen LogP contribution in [0.25, 0.3) is 10.9 Å². The zero-order valence-electron chi connectivity index (χ0n) is 13.7. The smallest absolute Gasteiger partial charge is 0.340 e. The molecule has 7 nitrogen and oxygen atoms in total. The second kappa shape index (κ2) is 7.54. The number of hydrogen-bond donors (Lipinski definition) is 1. The first-order valence-electron chi connectivity index (χ1n) is 7.30. The Balaban J connectivity index is 2.09. The lowest BCUT2D eigenvalue weighted by molar-refractivity contribution is -0.141. The molecule has 0 aliphatic carbocycles. The third kappa shape index (κ3) is 3.87. The minimum Gasteiger partial charge on any atom is -0.468 e. The third-order valence-electron chi connectivity index (χ3n) is 3.53. The van der Waals surface area contributed by atoms with E-state index in [0.29, 0.717) is 11.3 Å². The molecular formula is C17H18N2O5. The topological polar surface area (TPSA) is 94.6 Å². The Kier molecular flexibility index (Phi) is 5.47. The Morgan fingerprint density at radius 3 is 2.58 bits per heavy atom. The van der Waals surface area contributed by atoms with Gasteiger partial charge in [0.2, 0.25) is 0 Å². The molecule has 0 radical (unpaired) electrons. The van der Waals surface area contributed by atoms with E-state index >= 15 is 0 Å². The van der Waals surface area contributed by atoms with E-state index in [0.717, 1.165) is 16.5 Å². The maximum absolute atomic E-state index is 12.3. The maximum Gasteiger partial charge on any atom is 0.340 e. The van der Waals surface area contributed by atoms with Gasteiger partial charge in [-0.15, -0.1) is 0 Å². The quantitative estimate of drug-likeness (QED) is 0.830. The van der Waals surface area contributed by atoms with Gasteiger partial charge in [0, 0.05) is 5.39 Å². The molecule has 0 aliphatic rings. The largest absolute Gasteiger partial charge is 0.468 e. The Hall–Kier alpha value is -2.96. The van der Waals surface area contributed by atoms with Crippen molar-refractivity contribution in [2.45, 2.75) is 13.8 Å². The minimum absolute atomic E-state index is 0.275. The normalized spacial score (nSPS) is 10.3. The van der Waals surface area contributed by atoms with Crippen molar-refractivity contribution < 1.29 is 23.9 Å². The molecule has 0 saturated heterocycles. The first-order chi connectivity index (χ1) is 11.4. The number of nitrogens with one attached hydrogen (secondary N) is 1. The SMILES string of the molecule is COC(=O)CNC(=O)COC(=O)c1c(C)nc2ccccc2c1C. The van der Waals surface area contributed by atoms with Crippen LogP contribution >= 0.6 is 0 Å². The molecule has 1 amide bonds. The highest BCUT2D eigenvalue weighted by Gasteiger charge is 2.18. The zero-order chi connectivity index (χ0) is 17.7. The van der Waals surface area contributed by atoms with Gasteiger partial charge in [-0.25, -0.2) is 4.79 Å². The summed E-state index contributed by atoms with van der Waals surface area (Å²) < 4.78 is 9.42. The number of aromatic nitrogens is 1. The van der Waals surface area contributed by atoms with Gasteiger partial charge in [0.05, 0.1) is 23.9 Å². The molecule has 1 heterocycles. The van der Waals surface area contributed by atoms with Crippen molar-refractivity contribution in [3.05, 3.63) is 41.1 Å². The van der Waals surface area contributed by atoms with Gasteiger partial charge in [0.25, 0.3) is 5.91 Å². The number of ether oxygens (including phenoxy) is 2. The molecule has 0 fully saturated rings. The maximum atomic E-state index is 12.3. The molecule has 1 N–H and O–H groups in total. The number of aryl methyl sites for hydroxylation is 2. The second-order valence-electron chi connectivity index (χ2n) is 5.14. The van der Waals surface area contributed by atoms with Gasteiger partial charge in [-0.2, -0.15) is 0 Å². The van der Waals surface area contributed by atoms with E-state index in [4.69, 9.17) is 4.74 Å². The summed E-state index contributed by atoms with van der Waals surface area (Å²) in [5.41, 5.74) is 2.42. The first-order valence-corrected chi connectivity index (χ1v) is 7.30. The summed E-state index contributed by atoms with van der Waals surface area (Å²) in [6.45, 7) is 2.77. The molecule has 0 spiro atoms. The van der Waals surface area contributed by atoms with Crippen molar-refractivity contribution in [1.29, 1.82) is 0 Å². The van der Waals surface area contributed by atoms with Gasteiger partial charge < -0.3 is 14.8 Å². The standard InChI is InChI=1S/C17H18N2O5/c1-10-12-6-4-5-7-13(12)19-11(2)16(10)17(22)24-9-14(20)18-8-15(21)23-3/h4-7H,8-9H2,1-3H3,(H,18,20). The van der Waals surface area contributed by atoms with E-state index in [-0.39, 0.29) is 6.54 Å². The summed E-state index contributed by atoms with van der Waals surface area (Å²) >= 11 is 0. The molecule has 24 heavy (non-hydrogen) atoms. The molecule has 2 rings (SSSR count). The summed E-state index contributed by atoms with van der Waals surface area (Å²) in [7, 11) is 1.22. The Morgan fingerprint density at radius 2 is 1.88 bits per heavy atom. The van der Waals surface area contributed by atoms with Gasteiger partial charge in [0.15, 0.2) is 6.61 Å². The lowest BCUT2D eigenvalue weighted by atomic mass is 10.0. The van der Waals surface area contributed by atoms with E-state index in [9.17, 15) is 14.4 Å². The van der Waals surface area contributed by atoms with Gasteiger partial charge >= 0.3 is 11.9 Å². The van der Waals surface area contributed by atoms with Crippen LogP contribution in [0.5, 0.6) is 0 Å². The van der Waals surface area contributed by atoms with Crippen molar-refractivity contribution in [2.24, 2.45) is 0 Å². The summed E-state index contributed by atoms with van der Waals surface area (Å²) in [6.07, 6.45) is 0. The highest BCUT2D eigenvalue weighted by molar-refractivity contribution is 5.99. The second-order valence-corrected chi connectivity index (χ2v) is 5.14. The molecule has 1 aromatic carbocycles. The van der Waals surface area contributed by atoms with Crippen LogP contribution < -0.4 is 5.32 Å². The molecule has 7 heteroatoms. The molecule has 0 saturated carbocycles. The zero-order valence-corrected chi connectivity index (χ0v) is 13.7. The number of esters is 2. The number of hydrogen-bond acceptors (Lipinski definition) is 6. The average Bonchev–Trinajstić information content (AvgIpc) is 2.57. The van der Waals surface area contributed by atoms with Gasteiger partial charge in [0.1, 0.15) is 6.54 Å². The highest BCUT2D eigenvalue weighted by Crippen LogP contribution is 2.23. The van der Waals surface area contributed by atoms with Crippen molar-refractivity contribution >= 4 is 28.7 Å². The van der Waals surface area contributed by atoms with Crippen LogP contribution in [0.15, 0.2) is 24.3 Å². The summed E-state index contributed by atoms with van der Waals surface area (Å²) in [6, 6.07) is 7.47. The summed E-state index contributed by atoms with van der Waals surface area (Å²) in [5, 5.41) is 3.14. The Labute approximate surface area is 139 Å². The number of carbonyl (C=O) groups is 3. The van der Waals surface area contributed by atoms with Crippen molar-refractivity contribution in [3.8, 4) is 0 Å². The van der Waals surface area contributed by atoms with Crippen LogP contribution in [0.2, 0.25) is 0 Å². The molecule has 1 aromatic heterocycles. The van der Waals surface area contributed by atoms with Crippen LogP contribution in [0, 0.1) is 13.8 Å². The number of carbonyl (C=O) groups excluding carboxylic acids is 3. The van der Waals surface area contributed by atoms with Crippen molar-refractivity contribution in [1.82, 2.24) is 10.3 Å². The van der Waals surface area contributed by atoms with Crippen LogP contribution in [-0.4, -0.2) is 43.1 Å². The number of amides is 1. The molecule has 126 valence electrons. The fraction of sp³-hybridized carbons (Fsp3) is 0.294. The number of benzene rings is 1. The predicted molar refractivity (Wildman–Crippen MR) is 86.5 cm³/mol. The lowest BCUT2D eigenvalue weighted by Crippen LogP contribution is -2.33. The lowest BCUT2D eigenvalue weighted by Gasteiger charge is -2.12. The first kappa shape index (κ1) is 17.4. The molecule has 0 atom stereocenters. The van der Waals surface area contributed by atoms with Crippen molar-refractivity contribution in [2.75, 3.05) is 20.3 Å². The van der Waals surface area contributed by atoms with Crippen LogP contribution in [0.1, 0.15) is 21.6 Å². The fourth-order valence-electron chi connectivity index (χ4n) is 2.33. The number of methoxy groups -OCH3 is 1. The van der Waals surface area contributed by atoms with E-state index in [1.807, 2.05) is 31.2 Å². The minimum atomic E-state index is -0.628. The average molecular weight is 330 g/mol. The number of nitrogens with zero attached hydrogens (tertiary/aromatic N) is 1. The van der Waals surface area contributed by atoms with E-state index in [1.54, 1.807) is 6.92 Å². The summed E-state index contributed by atoms with van der Waals surface area (Å²) in [4.78, 5) is 39.2. The molecular weight excluding hydrogens is 312 g/mol. The van der Waals surface area contributed by atoms with Crippen LogP contribution in [0.3, 0.4) is 0 Å². The fourth-order valence-corrected chi connectivity index (χ4v) is 2.33. The van der Waals surface area contributed by atoms with Gasteiger partial charge in [-0.1, -0.05) is 18.2 Å². The molecule has 0 aliphatic heterocycles.